The van der Waals surface area contributed by atoms with E-state index in [1.54, 1.807) is 0 Å². The van der Waals surface area contributed by atoms with Crippen LogP contribution in [0.25, 0.3) is 0 Å². The van der Waals surface area contributed by atoms with E-state index in [4.69, 9.17) is 8.74 Å². The van der Waals surface area contributed by atoms with Crippen LogP contribution in [-0.4, -0.2) is 19.1 Å². The maximum atomic E-state index is 11.2. The second-order valence-electron chi connectivity index (χ2n) is 12.7. The summed E-state index contributed by atoms with van der Waals surface area (Å²) in [6.07, 6.45) is 15.1. The van der Waals surface area contributed by atoms with E-state index < -0.39 is 16.5 Å². The fraction of sp³-hybridized carbons (Fsp3) is 0.926. The summed E-state index contributed by atoms with van der Waals surface area (Å²) in [5, 5.41) is 0. The summed E-state index contributed by atoms with van der Waals surface area (Å²) in [5.74, 6) is 4.83. The molecule has 32 heavy (non-hydrogen) atoms. The molecule has 0 amide bonds. The molecule has 4 aliphatic carbocycles. The Morgan fingerprint density at radius 2 is 1.81 bits per heavy atom. The number of rotatable bonds is 7. The lowest BCUT2D eigenvalue weighted by Gasteiger charge is -2.58. The Morgan fingerprint density at radius 3 is 2.50 bits per heavy atom. The molecule has 5 heteroatoms. The topological polar surface area (TPSA) is 63.6 Å². The lowest BCUT2D eigenvalue weighted by molar-refractivity contribution is -0.0560. The molecule has 3 fully saturated rings. The molecule has 0 aromatic carbocycles. The monoisotopic (exact) mass is 466 g/mol. The maximum Gasteiger partial charge on any atom is 0.397 e. The number of hydrogen-bond acceptors (Lipinski definition) is 3. The first kappa shape index (κ1) is 24.7. The molecule has 1 N–H and O–H groups in total. The van der Waals surface area contributed by atoms with Crippen molar-refractivity contribution < 1.29 is 17.2 Å². The van der Waals surface area contributed by atoms with Gasteiger partial charge in [0.05, 0.1) is 6.10 Å². The van der Waals surface area contributed by atoms with Crippen molar-refractivity contribution in [2.45, 2.75) is 111 Å². The van der Waals surface area contributed by atoms with Gasteiger partial charge in [0, 0.05) is 0 Å². The summed E-state index contributed by atoms with van der Waals surface area (Å²) >= 11 is 0. The third-order valence-electron chi connectivity index (χ3n) is 10.5. The molecule has 4 nitrogen and oxygen atoms in total. The molecule has 0 radical (unpaired) electrons. The highest BCUT2D eigenvalue weighted by molar-refractivity contribution is 7.80. The highest BCUT2D eigenvalue weighted by Gasteiger charge is 2.59. The molecular weight excluding hydrogens is 420 g/mol. The minimum absolute atomic E-state index is 0.171. The molecule has 3 saturated carbocycles. The molecule has 0 aromatic heterocycles. The smallest absolute Gasteiger partial charge is 0.264 e. The van der Waals surface area contributed by atoms with Crippen LogP contribution >= 0.6 is 0 Å². The highest BCUT2D eigenvalue weighted by Crippen LogP contribution is 2.67. The molecule has 8 atom stereocenters. The van der Waals surface area contributed by atoms with Gasteiger partial charge < -0.3 is 0 Å². The zero-order valence-corrected chi connectivity index (χ0v) is 21.8. The van der Waals surface area contributed by atoms with E-state index in [1.165, 1.54) is 50.5 Å². The van der Waals surface area contributed by atoms with Gasteiger partial charge in [0.15, 0.2) is 0 Å². The van der Waals surface area contributed by atoms with E-state index in [1.807, 2.05) is 0 Å². The van der Waals surface area contributed by atoms with E-state index >= 15 is 0 Å². The van der Waals surface area contributed by atoms with Gasteiger partial charge in [-0.15, -0.1) is 0 Å². The van der Waals surface area contributed by atoms with Gasteiger partial charge in [-0.3, -0.25) is 4.55 Å². The van der Waals surface area contributed by atoms with Crippen molar-refractivity contribution in [3.05, 3.63) is 11.6 Å². The molecule has 4 rings (SSSR count). The molecule has 0 aliphatic heterocycles. The lowest BCUT2D eigenvalue weighted by Crippen LogP contribution is -2.51. The summed E-state index contributed by atoms with van der Waals surface area (Å²) in [4.78, 5) is 0. The Morgan fingerprint density at radius 1 is 1.06 bits per heavy atom. The van der Waals surface area contributed by atoms with E-state index in [2.05, 4.69) is 40.7 Å². The van der Waals surface area contributed by atoms with Gasteiger partial charge in [0.1, 0.15) is 0 Å². The molecule has 184 valence electrons. The molecule has 0 aromatic rings. The first-order valence-corrected chi connectivity index (χ1v) is 14.7. The van der Waals surface area contributed by atoms with Gasteiger partial charge in [-0.05, 0) is 97.7 Å². The van der Waals surface area contributed by atoms with Crippen LogP contribution in [0.5, 0.6) is 0 Å². The van der Waals surface area contributed by atoms with Gasteiger partial charge in [-0.2, -0.15) is 8.42 Å². The van der Waals surface area contributed by atoms with Crippen LogP contribution in [0.15, 0.2) is 11.6 Å². The first-order chi connectivity index (χ1) is 14.9. The summed E-state index contributed by atoms with van der Waals surface area (Å²) in [6.45, 7) is 12.3. The normalized spacial score (nSPS) is 42.7. The molecule has 4 unspecified atom stereocenters. The summed E-state index contributed by atoms with van der Waals surface area (Å²) in [6, 6.07) is 0. The molecule has 0 spiro atoms. The zero-order chi connectivity index (χ0) is 23.3. The summed E-state index contributed by atoms with van der Waals surface area (Å²) < 4.78 is 36.6. The predicted molar refractivity (Wildman–Crippen MR) is 129 cm³/mol. The second-order valence-corrected chi connectivity index (χ2v) is 13.7. The van der Waals surface area contributed by atoms with Gasteiger partial charge >= 0.3 is 10.4 Å². The zero-order valence-electron chi connectivity index (χ0n) is 21.0. The van der Waals surface area contributed by atoms with Gasteiger partial charge in [0.25, 0.3) is 0 Å². The van der Waals surface area contributed by atoms with Crippen LogP contribution < -0.4 is 0 Å². The molecule has 4 aliphatic rings. The summed E-state index contributed by atoms with van der Waals surface area (Å²) in [7, 11) is -4.38. The molecular formula is C27H46O4S. The van der Waals surface area contributed by atoms with Crippen LogP contribution in [-0.2, 0) is 14.6 Å². The fourth-order valence-electron chi connectivity index (χ4n) is 8.91. The van der Waals surface area contributed by atoms with Crippen LogP contribution in [0.3, 0.4) is 0 Å². The van der Waals surface area contributed by atoms with Crippen LogP contribution in [0.2, 0.25) is 0 Å². The maximum absolute atomic E-state index is 11.2. The third kappa shape index (κ3) is 4.60. The van der Waals surface area contributed by atoms with Crippen LogP contribution in [0.4, 0.5) is 0 Å². The minimum atomic E-state index is -4.38. The van der Waals surface area contributed by atoms with E-state index in [0.717, 1.165) is 42.4 Å². The highest BCUT2D eigenvalue weighted by atomic mass is 32.3. The van der Waals surface area contributed by atoms with Crippen molar-refractivity contribution in [2.75, 3.05) is 0 Å². The van der Waals surface area contributed by atoms with Crippen LogP contribution in [0, 0.1) is 46.3 Å². The van der Waals surface area contributed by atoms with Gasteiger partial charge in [-0.1, -0.05) is 65.5 Å². The van der Waals surface area contributed by atoms with Crippen molar-refractivity contribution in [1.29, 1.82) is 0 Å². The number of fused-ring (bicyclic) bond motifs is 5. The molecule has 0 saturated heterocycles. The van der Waals surface area contributed by atoms with Crippen LogP contribution in [0.1, 0.15) is 105 Å². The number of allylic oxidation sites excluding steroid dienone is 1. The molecule has 0 heterocycles. The van der Waals surface area contributed by atoms with Crippen molar-refractivity contribution >= 4 is 10.4 Å². The Bertz CT molecular complexity index is 818. The van der Waals surface area contributed by atoms with Gasteiger partial charge in [-0.25, -0.2) is 4.18 Å². The number of hydrogen-bond donors (Lipinski definition) is 1. The van der Waals surface area contributed by atoms with E-state index in [-0.39, 0.29) is 5.41 Å². The summed E-state index contributed by atoms with van der Waals surface area (Å²) in [5.41, 5.74) is 2.05. The minimum Gasteiger partial charge on any atom is -0.264 e. The van der Waals surface area contributed by atoms with Crippen molar-refractivity contribution in [3.8, 4) is 0 Å². The Hall–Kier alpha value is -0.390. The molecule has 0 bridgehead atoms. The standard InChI is InChI=1S/C27H46O4S/c1-18(2)7-6-8-19(3)23-11-12-24-22-10-9-20-17-21(31-32(28,29)30)13-15-26(20,4)25(22)14-16-27(23,24)5/h9,18-19,21-25H,6-8,10-17H2,1-5H3,(H,28,29,30)/t19?,21-,22?,23+,24?,25?,26-,27+/m0/s1. The largest absolute Gasteiger partial charge is 0.397 e. The average molecular weight is 467 g/mol. The van der Waals surface area contributed by atoms with E-state index in [9.17, 15) is 8.42 Å². The van der Waals surface area contributed by atoms with Crippen molar-refractivity contribution in [2.24, 2.45) is 46.3 Å². The Balaban J connectivity index is 1.47. The third-order valence-corrected chi connectivity index (χ3v) is 11.0. The van der Waals surface area contributed by atoms with Crippen molar-refractivity contribution in [1.82, 2.24) is 0 Å². The predicted octanol–water partition coefficient (Wildman–Crippen LogP) is 7.22. The Kier molecular flexibility index (Phi) is 6.95. The van der Waals surface area contributed by atoms with E-state index in [0.29, 0.717) is 24.2 Å². The fourth-order valence-corrected chi connectivity index (χ4v) is 9.41. The van der Waals surface area contributed by atoms with Gasteiger partial charge in [0.2, 0.25) is 0 Å². The second kappa shape index (κ2) is 9.00. The average Bonchev–Trinajstić information content (AvgIpc) is 3.04. The Labute approximate surface area is 196 Å². The quantitative estimate of drug-likeness (QED) is 0.318. The SMILES string of the molecule is CC(C)CCCC(C)[C@H]1CCC2C3CC=C4C[C@@H](OS(=O)(=O)O)CC[C@]4(C)C3CC[C@@]21C. The van der Waals surface area contributed by atoms with Crippen molar-refractivity contribution in [3.63, 3.8) is 0 Å². The lowest BCUT2D eigenvalue weighted by atomic mass is 9.47. The first-order valence-electron chi connectivity index (χ1n) is 13.3.